The van der Waals surface area contributed by atoms with Crippen molar-refractivity contribution < 1.29 is 22.7 Å². The maximum absolute atomic E-state index is 12.8. The molecule has 0 saturated carbocycles. The Morgan fingerprint density at radius 3 is 2.54 bits per heavy atom. The molecule has 1 fully saturated rings. The molecule has 1 aliphatic rings. The van der Waals surface area contributed by atoms with Crippen molar-refractivity contribution in [3.05, 3.63) is 59.5 Å². The highest BCUT2D eigenvalue weighted by Crippen LogP contribution is 2.31. The van der Waals surface area contributed by atoms with Gasteiger partial charge in [-0.05, 0) is 36.6 Å². The van der Waals surface area contributed by atoms with Crippen LogP contribution in [0.2, 0.25) is 0 Å². The molecule has 2 heterocycles. The second kappa shape index (κ2) is 10.7. The van der Waals surface area contributed by atoms with Gasteiger partial charge >= 0.3 is 0 Å². The molecule has 184 valence electrons. The fraction of sp³-hybridized carbons (Fsp3) is 0.292. The van der Waals surface area contributed by atoms with Crippen molar-refractivity contribution in [2.24, 2.45) is 5.92 Å². The Bertz CT molecular complexity index is 1300. The number of anilines is 1. The number of sulfonamides is 1. The topological polar surface area (TPSA) is 127 Å². The lowest BCUT2D eigenvalue weighted by molar-refractivity contribution is -0.121. The van der Waals surface area contributed by atoms with Gasteiger partial charge in [0.2, 0.25) is 21.9 Å². The summed E-state index contributed by atoms with van der Waals surface area (Å²) in [5.74, 6) is 1.19. The number of aromatic amines is 1. The minimum atomic E-state index is -3.56. The second-order valence-electron chi connectivity index (χ2n) is 7.99. The van der Waals surface area contributed by atoms with Crippen LogP contribution in [-0.4, -0.2) is 61.1 Å². The first kappa shape index (κ1) is 24.4. The van der Waals surface area contributed by atoms with Crippen molar-refractivity contribution in [3.8, 4) is 22.9 Å². The molecule has 2 aromatic carbocycles. The molecule has 1 saturated heterocycles. The molecular weight excluding hydrogens is 470 g/mol. The monoisotopic (exact) mass is 497 g/mol. The van der Waals surface area contributed by atoms with Crippen molar-refractivity contribution in [1.82, 2.24) is 19.5 Å². The third-order valence-corrected chi connectivity index (χ3v) is 7.37. The number of nitrogens with zero attached hydrogens (tertiary/aromatic N) is 3. The molecule has 0 atom stereocenters. The number of ether oxygens (including phenoxy) is 2. The average molecular weight is 498 g/mol. The lowest BCUT2D eigenvalue weighted by Gasteiger charge is -2.29. The van der Waals surface area contributed by atoms with Gasteiger partial charge in [-0.2, -0.15) is 9.29 Å². The predicted octanol–water partition coefficient (Wildman–Crippen LogP) is 3.14. The Hall–Kier alpha value is -3.70. The first-order valence-corrected chi connectivity index (χ1v) is 12.6. The van der Waals surface area contributed by atoms with Crippen LogP contribution in [0.5, 0.6) is 11.5 Å². The summed E-state index contributed by atoms with van der Waals surface area (Å²) >= 11 is 0. The highest BCUT2D eigenvalue weighted by molar-refractivity contribution is 7.92. The van der Waals surface area contributed by atoms with E-state index in [1.54, 1.807) is 38.5 Å². The zero-order valence-corrected chi connectivity index (χ0v) is 20.3. The lowest BCUT2D eigenvalue weighted by Crippen LogP contribution is -2.40. The van der Waals surface area contributed by atoms with Crippen LogP contribution in [0.1, 0.15) is 18.4 Å². The van der Waals surface area contributed by atoms with Crippen LogP contribution >= 0.6 is 0 Å². The lowest BCUT2D eigenvalue weighted by atomic mass is 9.97. The van der Waals surface area contributed by atoms with E-state index in [1.165, 1.54) is 9.71 Å². The van der Waals surface area contributed by atoms with Gasteiger partial charge in [0.05, 0.1) is 19.8 Å². The molecule has 0 radical (unpaired) electrons. The molecule has 0 unspecified atom stereocenters. The minimum absolute atomic E-state index is 0.142. The van der Waals surface area contributed by atoms with Crippen LogP contribution in [-0.2, 0) is 14.8 Å². The number of H-pyrrole nitrogens is 1. The maximum Gasteiger partial charge on any atom is 0.249 e. The Labute approximate surface area is 204 Å². The normalized spacial score (nSPS) is 15.3. The number of piperidine rings is 1. The summed E-state index contributed by atoms with van der Waals surface area (Å²) in [4.78, 5) is 17.1. The zero-order chi connectivity index (χ0) is 24.8. The highest BCUT2D eigenvalue weighted by Gasteiger charge is 2.30. The molecule has 0 spiro atoms. The minimum Gasteiger partial charge on any atom is -0.497 e. The summed E-state index contributed by atoms with van der Waals surface area (Å²) < 4.78 is 37.3. The molecule has 1 aromatic heterocycles. The number of carbonyl (C=O) groups excluding carboxylic acids is 1. The van der Waals surface area contributed by atoms with Gasteiger partial charge in [-0.1, -0.05) is 30.3 Å². The van der Waals surface area contributed by atoms with Crippen molar-refractivity contribution in [1.29, 1.82) is 0 Å². The molecular formula is C24H27N5O5S. The van der Waals surface area contributed by atoms with Gasteiger partial charge in [0.15, 0.2) is 5.82 Å². The zero-order valence-electron chi connectivity index (χ0n) is 19.5. The first-order chi connectivity index (χ1) is 16.9. The molecule has 2 N–H and O–H groups in total. The Morgan fingerprint density at radius 2 is 1.86 bits per heavy atom. The molecule has 0 bridgehead atoms. The fourth-order valence-electron chi connectivity index (χ4n) is 3.83. The van der Waals surface area contributed by atoms with E-state index in [9.17, 15) is 13.2 Å². The molecule has 35 heavy (non-hydrogen) atoms. The molecule has 11 heteroatoms. The van der Waals surface area contributed by atoms with E-state index in [0.717, 1.165) is 5.56 Å². The van der Waals surface area contributed by atoms with Gasteiger partial charge in [-0.3, -0.25) is 15.2 Å². The molecule has 3 aromatic rings. The highest BCUT2D eigenvalue weighted by atomic mass is 32.2. The molecule has 10 nitrogen and oxygen atoms in total. The quantitative estimate of drug-likeness (QED) is 0.490. The average Bonchev–Trinajstić information content (AvgIpc) is 3.36. The fourth-order valence-corrected chi connectivity index (χ4v) is 5.05. The van der Waals surface area contributed by atoms with Gasteiger partial charge in [-0.15, -0.1) is 5.10 Å². The number of benzene rings is 2. The summed E-state index contributed by atoms with van der Waals surface area (Å²) in [6.45, 7) is 0.531. The predicted molar refractivity (Wildman–Crippen MR) is 132 cm³/mol. The van der Waals surface area contributed by atoms with Gasteiger partial charge in [0, 0.05) is 30.5 Å². The van der Waals surface area contributed by atoms with Crippen LogP contribution in [0.4, 0.5) is 5.95 Å². The molecule has 1 aliphatic heterocycles. The van der Waals surface area contributed by atoms with E-state index in [0.29, 0.717) is 35.7 Å². The van der Waals surface area contributed by atoms with Crippen molar-refractivity contribution >= 4 is 28.0 Å². The number of rotatable bonds is 8. The summed E-state index contributed by atoms with van der Waals surface area (Å²) in [5.41, 5.74) is 1.48. The van der Waals surface area contributed by atoms with Crippen molar-refractivity contribution in [2.45, 2.75) is 12.8 Å². The van der Waals surface area contributed by atoms with E-state index in [1.807, 2.05) is 30.3 Å². The summed E-state index contributed by atoms with van der Waals surface area (Å²) in [6.07, 6.45) is 2.40. The van der Waals surface area contributed by atoms with Gasteiger partial charge in [0.1, 0.15) is 11.5 Å². The van der Waals surface area contributed by atoms with Crippen LogP contribution in [0.25, 0.3) is 17.5 Å². The number of hydrogen-bond acceptors (Lipinski definition) is 7. The third-order valence-electron chi connectivity index (χ3n) is 5.80. The standard InChI is InChI=1S/C24H27N5O5S/c1-33-19-8-9-20(21(16-19)34-2)22-25-24(28-27-22)26-23(30)18-10-13-29(14-11-18)35(31,32)15-12-17-6-4-3-5-7-17/h3-9,12,15-16,18H,10-11,13-14H2,1-2H3,(H2,25,26,27,28,30)/b15-12+. The number of nitrogens with one attached hydrogen (secondary N) is 2. The summed E-state index contributed by atoms with van der Waals surface area (Å²) in [6, 6.07) is 14.5. The summed E-state index contributed by atoms with van der Waals surface area (Å²) in [7, 11) is -0.448. The number of methoxy groups -OCH3 is 2. The van der Waals surface area contributed by atoms with E-state index in [-0.39, 0.29) is 30.9 Å². The Balaban J connectivity index is 1.34. The van der Waals surface area contributed by atoms with Crippen LogP contribution in [0, 0.1) is 5.92 Å². The number of carbonyl (C=O) groups is 1. The third kappa shape index (κ3) is 5.87. The maximum atomic E-state index is 12.8. The van der Waals surface area contributed by atoms with Crippen LogP contribution < -0.4 is 14.8 Å². The molecule has 1 amide bonds. The van der Waals surface area contributed by atoms with E-state index in [2.05, 4.69) is 20.5 Å². The smallest absolute Gasteiger partial charge is 0.249 e. The van der Waals surface area contributed by atoms with Gasteiger partial charge in [0.25, 0.3) is 0 Å². The van der Waals surface area contributed by atoms with E-state index >= 15 is 0 Å². The Kier molecular flexibility index (Phi) is 7.47. The van der Waals surface area contributed by atoms with Gasteiger partial charge < -0.3 is 9.47 Å². The first-order valence-electron chi connectivity index (χ1n) is 11.1. The van der Waals surface area contributed by atoms with Crippen molar-refractivity contribution in [2.75, 3.05) is 32.6 Å². The Morgan fingerprint density at radius 1 is 1.11 bits per heavy atom. The molecule has 4 rings (SSSR count). The van der Waals surface area contributed by atoms with Crippen LogP contribution in [0.15, 0.2) is 53.9 Å². The summed E-state index contributed by atoms with van der Waals surface area (Å²) in [5, 5.41) is 10.8. The van der Waals surface area contributed by atoms with E-state index in [4.69, 9.17) is 9.47 Å². The SMILES string of the molecule is COc1ccc(-c2nc(NC(=O)C3CCN(S(=O)(=O)/C=C/c4ccccc4)CC3)n[nH]2)c(OC)c1. The number of hydrogen-bond donors (Lipinski definition) is 2. The van der Waals surface area contributed by atoms with E-state index < -0.39 is 10.0 Å². The van der Waals surface area contributed by atoms with Gasteiger partial charge in [-0.25, -0.2) is 8.42 Å². The molecule has 0 aliphatic carbocycles. The van der Waals surface area contributed by atoms with Crippen molar-refractivity contribution in [3.63, 3.8) is 0 Å². The van der Waals surface area contributed by atoms with Crippen LogP contribution in [0.3, 0.4) is 0 Å². The number of amides is 1. The second-order valence-corrected chi connectivity index (χ2v) is 9.81. The number of aromatic nitrogens is 3. The largest absolute Gasteiger partial charge is 0.497 e.